The van der Waals surface area contributed by atoms with Gasteiger partial charge < -0.3 is 9.68 Å². The molecule has 0 bridgehead atoms. The van der Waals surface area contributed by atoms with Gasteiger partial charge in [-0.25, -0.2) is 9.59 Å². The van der Waals surface area contributed by atoms with Gasteiger partial charge in [-0.15, -0.1) is 0 Å². The predicted molar refractivity (Wildman–Crippen MR) is 58.8 cm³/mol. The largest absolute Gasteiger partial charge is 0.355 e. The molecular formula is C11H17NO4. The van der Waals surface area contributed by atoms with Gasteiger partial charge in [0.15, 0.2) is 0 Å². The van der Waals surface area contributed by atoms with E-state index in [1.54, 1.807) is 0 Å². The van der Waals surface area contributed by atoms with Gasteiger partial charge in [0, 0.05) is 16.4 Å². The first-order valence-electron chi connectivity index (χ1n) is 4.91. The van der Waals surface area contributed by atoms with Gasteiger partial charge in [-0.1, -0.05) is 20.1 Å². The van der Waals surface area contributed by atoms with E-state index < -0.39 is 11.9 Å². The zero-order valence-corrected chi connectivity index (χ0v) is 9.91. The van der Waals surface area contributed by atoms with E-state index in [2.05, 4.69) is 13.2 Å². The van der Waals surface area contributed by atoms with Crippen LogP contribution in [-0.4, -0.2) is 23.7 Å². The van der Waals surface area contributed by atoms with Crippen LogP contribution in [-0.2, 0) is 19.3 Å². The number of hydrogen-bond donors (Lipinski definition) is 0. The molecule has 0 fully saturated rings. The van der Waals surface area contributed by atoms with E-state index in [9.17, 15) is 9.59 Å². The summed E-state index contributed by atoms with van der Waals surface area (Å²) in [6.45, 7) is 12.0. The summed E-state index contributed by atoms with van der Waals surface area (Å²) >= 11 is 0. The van der Waals surface area contributed by atoms with E-state index in [1.807, 2.05) is 6.92 Å². The minimum atomic E-state index is -0.636. The number of nitrogens with zero attached hydrogens (tertiary/aromatic N) is 1. The molecule has 0 aliphatic carbocycles. The third-order valence-electron chi connectivity index (χ3n) is 1.47. The van der Waals surface area contributed by atoms with E-state index in [0.717, 1.165) is 5.23 Å². The van der Waals surface area contributed by atoms with Crippen LogP contribution >= 0.6 is 0 Å². The van der Waals surface area contributed by atoms with Crippen LogP contribution in [0.1, 0.15) is 27.2 Å². The Hall–Kier alpha value is -1.62. The molecule has 0 aromatic carbocycles. The van der Waals surface area contributed by atoms with Gasteiger partial charge in [0.05, 0.1) is 6.54 Å². The van der Waals surface area contributed by atoms with Crippen molar-refractivity contribution in [3.05, 3.63) is 24.3 Å². The molecule has 0 spiro atoms. The average Bonchev–Trinajstić information content (AvgIpc) is 2.17. The second-order valence-corrected chi connectivity index (χ2v) is 3.37. The lowest BCUT2D eigenvalue weighted by molar-refractivity contribution is -0.320. The number of hydrogen-bond acceptors (Lipinski definition) is 5. The van der Waals surface area contributed by atoms with Gasteiger partial charge in [0.2, 0.25) is 0 Å². The van der Waals surface area contributed by atoms with Crippen LogP contribution in [0, 0.1) is 0 Å². The minimum Gasteiger partial charge on any atom is -0.329 e. The number of carbonyl (C=O) groups excluding carboxylic acids is 2. The molecule has 16 heavy (non-hydrogen) atoms. The highest BCUT2D eigenvalue weighted by Gasteiger charge is 2.16. The zero-order chi connectivity index (χ0) is 12.7. The predicted octanol–water partition coefficient (Wildman–Crippen LogP) is 1.77. The molecule has 5 nitrogen and oxygen atoms in total. The van der Waals surface area contributed by atoms with Crippen LogP contribution in [0.2, 0.25) is 0 Å². The molecule has 90 valence electrons. The highest BCUT2D eigenvalue weighted by atomic mass is 17.0. The Bertz CT molecular complexity index is 281. The van der Waals surface area contributed by atoms with Gasteiger partial charge in [-0.2, -0.15) is 0 Å². The van der Waals surface area contributed by atoms with Crippen molar-refractivity contribution in [2.45, 2.75) is 27.2 Å². The number of rotatable bonds is 6. The van der Waals surface area contributed by atoms with Crippen molar-refractivity contribution >= 4 is 11.9 Å². The van der Waals surface area contributed by atoms with Crippen molar-refractivity contribution in [2.24, 2.45) is 0 Å². The van der Waals surface area contributed by atoms with Gasteiger partial charge in [0.25, 0.3) is 0 Å². The van der Waals surface area contributed by atoms with Crippen molar-refractivity contribution < 1.29 is 19.3 Å². The first-order valence-corrected chi connectivity index (χ1v) is 4.91. The fourth-order valence-electron chi connectivity index (χ4n) is 0.633. The van der Waals surface area contributed by atoms with Gasteiger partial charge in [-0.3, -0.25) is 0 Å². The summed E-state index contributed by atoms with van der Waals surface area (Å²) in [6.07, 6.45) is 0.660. The maximum atomic E-state index is 11.2. The fourth-order valence-corrected chi connectivity index (χ4v) is 0.633. The molecule has 0 amide bonds. The molecule has 0 rings (SSSR count). The lowest BCUT2D eigenvalue weighted by atomic mass is 10.4. The van der Waals surface area contributed by atoms with E-state index in [1.165, 1.54) is 13.8 Å². The normalized spacial score (nSPS) is 9.75. The second-order valence-electron chi connectivity index (χ2n) is 3.37. The topological polar surface area (TPSA) is 55.8 Å². The highest BCUT2D eigenvalue weighted by Crippen LogP contribution is 2.03. The Morgan fingerprint density at radius 1 is 1.06 bits per heavy atom. The molecule has 0 aliphatic rings. The maximum absolute atomic E-state index is 11.2. The van der Waals surface area contributed by atoms with E-state index in [4.69, 9.17) is 9.68 Å². The molecule has 0 atom stereocenters. The van der Waals surface area contributed by atoms with Crippen molar-refractivity contribution in [1.82, 2.24) is 5.23 Å². The van der Waals surface area contributed by atoms with Crippen molar-refractivity contribution in [3.63, 3.8) is 0 Å². The summed E-state index contributed by atoms with van der Waals surface area (Å²) in [6, 6.07) is 0. The first kappa shape index (κ1) is 14.4. The van der Waals surface area contributed by atoms with Crippen LogP contribution in [0.3, 0.4) is 0 Å². The maximum Gasteiger partial charge on any atom is 0.355 e. The Morgan fingerprint density at radius 2 is 1.44 bits per heavy atom. The molecule has 0 aliphatic heterocycles. The number of carbonyl (C=O) groups is 2. The molecule has 0 radical (unpaired) electrons. The van der Waals surface area contributed by atoms with E-state index in [-0.39, 0.29) is 17.7 Å². The summed E-state index contributed by atoms with van der Waals surface area (Å²) in [5.74, 6) is -1.27. The van der Waals surface area contributed by atoms with Gasteiger partial charge >= 0.3 is 11.9 Å². The summed E-state index contributed by atoms with van der Waals surface area (Å²) in [5.41, 5.74) is 0.458. The monoisotopic (exact) mass is 227 g/mol. The van der Waals surface area contributed by atoms with Crippen LogP contribution < -0.4 is 0 Å². The Kier molecular flexibility index (Phi) is 6.10. The number of hydroxylamine groups is 2. The Balaban J connectivity index is 4.38. The first-order chi connectivity index (χ1) is 7.38. The Morgan fingerprint density at radius 3 is 1.69 bits per heavy atom. The third kappa shape index (κ3) is 5.31. The molecular weight excluding hydrogens is 210 g/mol. The molecule has 0 N–H and O–H groups in total. The van der Waals surface area contributed by atoms with Crippen molar-refractivity contribution in [1.29, 1.82) is 0 Å². The molecule has 0 aromatic rings. The van der Waals surface area contributed by atoms with Crippen LogP contribution in [0.25, 0.3) is 0 Å². The van der Waals surface area contributed by atoms with Crippen molar-refractivity contribution in [3.8, 4) is 0 Å². The van der Waals surface area contributed by atoms with Gasteiger partial charge in [0.1, 0.15) is 0 Å². The molecule has 0 aromatic heterocycles. The standard InChI is InChI=1S/C11H17NO4/c1-6-7-12(15-10(13)8(2)3)16-11(14)9(4)5/h2,4,6-7H2,1,3,5H3. The fraction of sp³-hybridized carbons (Fsp3) is 0.455. The molecule has 0 unspecified atom stereocenters. The highest BCUT2D eigenvalue weighted by molar-refractivity contribution is 5.87. The molecule has 5 heteroatoms. The molecule has 0 saturated heterocycles. The summed E-state index contributed by atoms with van der Waals surface area (Å²) in [5, 5.41) is 0.841. The summed E-state index contributed by atoms with van der Waals surface area (Å²) in [4.78, 5) is 32.0. The van der Waals surface area contributed by atoms with Crippen molar-refractivity contribution in [2.75, 3.05) is 6.54 Å². The molecule has 0 saturated carbocycles. The van der Waals surface area contributed by atoms with Crippen LogP contribution in [0.5, 0.6) is 0 Å². The van der Waals surface area contributed by atoms with Gasteiger partial charge in [-0.05, 0) is 20.3 Å². The zero-order valence-electron chi connectivity index (χ0n) is 9.91. The van der Waals surface area contributed by atoms with E-state index in [0.29, 0.717) is 6.42 Å². The summed E-state index contributed by atoms with van der Waals surface area (Å²) < 4.78 is 0. The SMILES string of the molecule is C=C(C)C(=O)ON(CCC)OC(=O)C(=C)C. The average molecular weight is 227 g/mol. The minimum absolute atomic E-state index is 0.229. The third-order valence-corrected chi connectivity index (χ3v) is 1.47. The lowest BCUT2D eigenvalue weighted by Crippen LogP contribution is -2.31. The van der Waals surface area contributed by atoms with Crippen LogP contribution in [0.4, 0.5) is 0 Å². The quantitative estimate of drug-likeness (QED) is 0.511. The van der Waals surface area contributed by atoms with E-state index >= 15 is 0 Å². The molecule has 0 heterocycles. The lowest BCUT2D eigenvalue weighted by Gasteiger charge is -2.18. The summed E-state index contributed by atoms with van der Waals surface area (Å²) in [7, 11) is 0. The smallest absolute Gasteiger partial charge is 0.329 e. The Labute approximate surface area is 95.2 Å². The van der Waals surface area contributed by atoms with Crippen LogP contribution in [0.15, 0.2) is 24.3 Å². The second kappa shape index (κ2) is 6.79.